The van der Waals surface area contributed by atoms with Gasteiger partial charge in [-0.1, -0.05) is 18.2 Å². The van der Waals surface area contributed by atoms with Crippen molar-refractivity contribution in [2.75, 3.05) is 60.3 Å². The second kappa shape index (κ2) is 38.2. The molecule has 0 saturated carbocycles. The van der Waals surface area contributed by atoms with Crippen molar-refractivity contribution in [1.29, 1.82) is 0 Å². The highest BCUT2D eigenvalue weighted by molar-refractivity contribution is 9.10. The number of alkyl halides is 6. The zero-order valence-electron chi connectivity index (χ0n) is 58.0. The number of carbonyl (C=O) groups is 7. The number of primary amides is 1. The van der Waals surface area contributed by atoms with Crippen LogP contribution in [0.3, 0.4) is 0 Å². The Balaban J connectivity index is 0.000000353. The average molecular weight is 1570 g/mol. The van der Waals surface area contributed by atoms with Crippen LogP contribution in [0.4, 0.5) is 80.2 Å². The number of imide groups is 2. The van der Waals surface area contributed by atoms with Gasteiger partial charge in [-0.2, -0.15) is 9.80 Å². The molecule has 29 nitrogen and oxygen atoms in total. The molecule has 0 bridgehead atoms. The monoisotopic (exact) mass is 1560 g/mol. The van der Waals surface area contributed by atoms with Gasteiger partial charge in [-0.3, -0.25) is 14.4 Å². The van der Waals surface area contributed by atoms with Crippen molar-refractivity contribution in [2.24, 2.45) is 5.73 Å². The van der Waals surface area contributed by atoms with E-state index < -0.39 is 101 Å². The molecular weight excluding hydrogens is 1490 g/mol. The fourth-order valence-corrected chi connectivity index (χ4v) is 7.68. The fraction of sp³-hybridized carbons (Fsp3) is 0.354. The van der Waals surface area contributed by atoms with E-state index in [1.807, 2.05) is 0 Å². The number of nitrogens with two attached hydrogens (primary N) is 3. The highest BCUT2D eigenvalue weighted by Gasteiger charge is 2.38. The lowest BCUT2D eigenvalue weighted by atomic mass is 10.2. The number of nitrogen functional groups attached to an aromatic ring is 2. The highest BCUT2D eigenvalue weighted by atomic mass is 79.9. The van der Waals surface area contributed by atoms with Crippen molar-refractivity contribution < 1.29 is 97.8 Å². The van der Waals surface area contributed by atoms with Gasteiger partial charge in [-0.05, 0) is 163 Å². The summed E-state index contributed by atoms with van der Waals surface area (Å²) < 4.78 is 118. The predicted molar refractivity (Wildman–Crippen MR) is 369 cm³/mol. The summed E-state index contributed by atoms with van der Waals surface area (Å²) in [5.41, 5.74) is 10.8. The van der Waals surface area contributed by atoms with Crippen molar-refractivity contribution >= 4 is 109 Å². The Bertz CT molecular complexity index is 3990. The van der Waals surface area contributed by atoms with E-state index in [9.17, 15) is 59.9 Å². The summed E-state index contributed by atoms with van der Waals surface area (Å²) in [5.74, 6) is -0.856. The zero-order valence-corrected chi connectivity index (χ0v) is 61.1. The minimum Gasteiger partial charge on any atom is -0.493 e. The van der Waals surface area contributed by atoms with Gasteiger partial charge in [0.25, 0.3) is 37.0 Å². The quantitative estimate of drug-likeness (QED) is 0.0499. The van der Waals surface area contributed by atoms with Crippen LogP contribution in [0, 0.1) is 0 Å². The summed E-state index contributed by atoms with van der Waals surface area (Å²) in [6.45, 7) is 19.9. The van der Waals surface area contributed by atoms with E-state index >= 15 is 0 Å². The van der Waals surface area contributed by atoms with E-state index in [0.717, 1.165) is 33.8 Å². The number of nitrogens with zero attached hydrogens (tertiary/aromatic N) is 9. The van der Waals surface area contributed by atoms with Crippen LogP contribution in [0.2, 0.25) is 0 Å². The molecular formula is C65H76Br2F6N14O15. The Morgan fingerprint density at radius 1 is 0.422 bits per heavy atom. The maximum absolute atomic E-state index is 12.9. The number of rotatable bonds is 14. The lowest BCUT2D eigenvalue weighted by Crippen LogP contribution is -2.44. The molecule has 102 heavy (non-hydrogen) atoms. The van der Waals surface area contributed by atoms with Crippen LogP contribution >= 0.6 is 31.9 Å². The van der Waals surface area contributed by atoms with Crippen LogP contribution in [0.5, 0.6) is 23.0 Å². The van der Waals surface area contributed by atoms with E-state index in [-0.39, 0.29) is 51.7 Å². The molecule has 7 aromatic rings. The van der Waals surface area contributed by atoms with Crippen LogP contribution in [0.15, 0.2) is 113 Å². The standard InChI is InChI=1S/C23H28F2N4O6.C16H23BrN2O5.C13H12F2N4O2.C7H6F2N2O.C6H7BrN2O/c1-22(2,3)34-20(31)29(21(32)35-23(4,5)6)18-16(33-7)11-13(12-26-18)27-19(30)15-10-8-9-14(28-15)17(24)25;1-15(2,3)23-13(20)19(14(21)24-16(4,5)6)12-11(22-7)8-10(17)9-18-12;1-21-10-5-7(6-17-12(10)16)18-13(20)9-4-2-3-8(19-9)11(14)15;8-6(9)4-2-1-3-5(11-4)7(10)12;1-10-5-2-4(7)3-9-6(5)8/h8-12,17H,1-7H3,(H,27,30);8-9H,1-7H3;2-6,11H,1H3,(H2,16,17)(H,18,20);1-3,6H,(H2,10,12);2-3H,1H3,(H2,8,9). The lowest BCUT2D eigenvalue weighted by molar-refractivity contribution is 0.0405. The molecule has 0 atom stereocenters. The molecule has 0 spiro atoms. The molecule has 7 heterocycles. The summed E-state index contributed by atoms with van der Waals surface area (Å²) in [6, 6.07) is 17.3. The second-order valence-electron chi connectivity index (χ2n) is 24.1. The third-order valence-electron chi connectivity index (χ3n) is 11.2. The molecule has 0 aromatic carbocycles. The van der Waals surface area contributed by atoms with Crippen molar-refractivity contribution in [3.05, 3.63) is 147 Å². The molecule has 7 aromatic heterocycles. The zero-order chi connectivity index (χ0) is 77.4. The van der Waals surface area contributed by atoms with Gasteiger partial charge in [0.15, 0.2) is 46.3 Å². The van der Waals surface area contributed by atoms with E-state index in [2.05, 4.69) is 77.4 Å². The molecule has 7 rings (SSSR count). The predicted octanol–water partition coefficient (Wildman–Crippen LogP) is 14.7. The van der Waals surface area contributed by atoms with Crippen LogP contribution in [0.25, 0.3) is 0 Å². The van der Waals surface area contributed by atoms with Gasteiger partial charge in [0.05, 0.1) is 52.2 Å². The Morgan fingerprint density at radius 2 is 0.696 bits per heavy atom. The smallest absolute Gasteiger partial charge is 0.425 e. The highest BCUT2D eigenvalue weighted by Crippen LogP contribution is 2.34. The number of hydrogen-bond acceptors (Lipinski definition) is 24. The summed E-state index contributed by atoms with van der Waals surface area (Å²) >= 11 is 6.50. The van der Waals surface area contributed by atoms with Crippen LogP contribution in [0.1, 0.15) is 151 Å². The number of amides is 7. The largest absolute Gasteiger partial charge is 0.493 e. The third-order valence-corrected chi connectivity index (χ3v) is 12.1. The van der Waals surface area contributed by atoms with Gasteiger partial charge < -0.3 is 65.7 Å². The molecule has 8 N–H and O–H groups in total. The maximum Gasteiger partial charge on any atom is 0.425 e. The third kappa shape index (κ3) is 28.9. The van der Waals surface area contributed by atoms with Gasteiger partial charge >= 0.3 is 24.4 Å². The number of methoxy groups -OCH3 is 4. The number of anilines is 6. The Labute approximate surface area is 599 Å². The molecule has 0 aliphatic heterocycles. The molecule has 7 amide bonds. The summed E-state index contributed by atoms with van der Waals surface area (Å²) in [7, 11) is 5.64. The number of ether oxygens (including phenoxy) is 8. The SMILES string of the molecule is COc1cc(Br)cnc1N.COc1cc(Br)cnc1N(C(=O)OC(C)(C)C)C(=O)OC(C)(C)C.COc1cc(NC(=O)c2cccc(C(F)F)n2)cnc1N.COc1cc(NC(=O)c2cccc(C(F)F)n2)cnc1N(C(=O)OC(C)(C)C)C(=O)OC(C)(C)C.NC(=O)c1cccc(C(F)F)n1. The molecule has 552 valence electrons. The number of aromatic nitrogens is 7. The number of halogens is 8. The van der Waals surface area contributed by atoms with Crippen molar-refractivity contribution in [3.8, 4) is 23.0 Å². The summed E-state index contributed by atoms with van der Waals surface area (Å²) in [6.07, 6.45) is -6.62. The van der Waals surface area contributed by atoms with Gasteiger partial charge in [-0.15, -0.1) is 0 Å². The van der Waals surface area contributed by atoms with E-state index in [0.29, 0.717) is 32.4 Å². The van der Waals surface area contributed by atoms with E-state index in [1.165, 1.54) is 82.3 Å². The number of hydrogen-bond donors (Lipinski definition) is 5. The van der Waals surface area contributed by atoms with Crippen molar-refractivity contribution in [1.82, 2.24) is 34.9 Å². The number of carbonyl (C=O) groups excluding carboxylic acids is 7. The van der Waals surface area contributed by atoms with Gasteiger partial charge in [-0.25, -0.2) is 80.4 Å². The average Bonchev–Trinajstić information content (AvgIpc) is 0.806. The van der Waals surface area contributed by atoms with E-state index in [1.54, 1.807) is 109 Å². The minimum absolute atomic E-state index is 0.0100. The number of nitrogens with one attached hydrogen (secondary N) is 2. The first-order valence-corrected chi connectivity index (χ1v) is 31.1. The van der Waals surface area contributed by atoms with Gasteiger partial charge in [0, 0.05) is 33.5 Å². The Hall–Kier alpha value is -10.7. The first kappa shape index (κ1) is 85.5. The summed E-state index contributed by atoms with van der Waals surface area (Å²) in [5, 5.41) is 4.94. The number of pyridine rings is 7. The van der Waals surface area contributed by atoms with Gasteiger partial charge in [0.1, 0.15) is 56.6 Å². The molecule has 0 saturated heterocycles. The molecule has 0 unspecified atom stereocenters. The maximum atomic E-state index is 12.9. The first-order valence-electron chi connectivity index (χ1n) is 29.5. The second-order valence-corrected chi connectivity index (χ2v) is 25.9. The Kier molecular flexibility index (Phi) is 32.0. The Morgan fingerprint density at radius 3 is 1.02 bits per heavy atom. The van der Waals surface area contributed by atoms with Crippen molar-refractivity contribution in [3.63, 3.8) is 0 Å². The first-order chi connectivity index (χ1) is 47.3. The topological polar surface area (TPSA) is 392 Å². The minimum atomic E-state index is -2.84. The van der Waals surface area contributed by atoms with E-state index in [4.69, 9.17) is 55.1 Å². The van der Waals surface area contributed by atoms with Crippen molar-refractivity contribution in [2.45, 2.75) is 125 Å². The van der Waals surface area contributed by atoms with Crippen LogP contribution in [-0.4, -0.2) is 128 Å². The molecule has 0 aliphatic rings. The normalized spacial score (nSPS) is 11.0. The molecule has 0 radical (unpaired) electrons. The van der Waals surface area contributed by atoms with Crippen LogP contribution < -0.4 is 56.6 Å². The fourth-order valence-electron chi connectivity index (χ4n) is 7.06. The lowest BCUT2D eigenvalue weighted by Gasteiger charge is -2.28. The molecule has 37 heteroatoms. The summed E-state index contributed by atoms with van der Waals surface area (Å²) in [4.78, 5) is 113. The van der Waals surface area contributed by atoms with Crippen LogP contribution in [-0.2, 0) is 18.9 Å². The molecule has 0 aliphatic carbocycles. The van der Waals surface area contributed by atoms with Gasteiger partial charge in [0.2, 0.25) is 0 Å². The molecule has 0 fully saturated rings.